The quantitative estimate of drug-likeness (QED) is 0.710. The van der Waals surface area contributed by atoms with Gasteiger partial charge in [0.1, 0.15) is 5.92 Å². The smallest absolute Gasteiger partial charge is 0.243 e. The predicted molar refractivity (Wildman–Crippen MR) is 54.6 cm³/mol. The molecule has 1 unspecified atom stereocenters. The molecule has 0 aliphatic carbocycles. The van der Waals surface area contributed by atoms with Crippen molar-refractivity contribution in [3.63, 3.8) is 0 Å². The van der Waals surface area contributed by atoms with Crippen LogP contribution in [0.4, 0.5) is 5.69 Å². The van der Waals surface area contributed by atoms with Gasteiger partial charge < -0.3 is 4.90 Å². The van der Waals surface area contributed by atoms with Gasteiger partial charge in [0.05, 0.1) is 6.07 Å². The van der Waals surface area contributed by atoms with Gasteiger partial charge in [-0.15, -0.1) is 0 Å². The number of carbonyl (C=O) groups is 1. The van der Waals surface area contributed by atoms with Crippen LogP contribution in [-0.4, -0.2) is 13.0 Å². The maximum absolute atomic E-state index is 11.6. The maximum atomic E-state index is 11.6. The second-order valence-corrected chi connectivity index (χ2v) is 3.08. The Kier molecular flexibility index (Phi) is 3.24. The lowest BCUT2D eigenvalue weighted by Gasteiger charge is -2.17. The van der Waals surface area contributed by atoms with Crippen LogP contribution in [-0.2, 0) is 4.79 Å². The molecule has 0 saturated heterocycles. The number of benzene rings is 1. The summed E-state index contributed by atoms with van der Waals surface area (Å²) < 4.78 is 0. The second kappa shape index (κ2) is 4.43. The highest BCUT2D eigenvalue weighted by Gasteiger charge is 2.17. The number of hydrogen-bond acceptors (Lipinski definition) is 2. The molecule has 0 fully saturated rings. The van der Waals surface area contributed by atoms with Gasteiger partial charge in [0.15, 0.2) is 0 Å². The first-order valence-electron chi connectivity index (χ1n) is 4.39. The molecule has 3 heteroatoms. The number of hydrogen-bond donors (Lipinski definition) is 0. The van der Waals surface area contributed by atoms with Crippen molar-refractivity contribution in [2.24, 2.45) is 5.92 Å². The van der Waals surface area contributed by atoms with Crippen molar-refractivity contribution in [1.29, 1.82) is 5.26 Å². The largest absolute Gasteiger partial charge is 0.314 e. The molecular weight excluding hydrogens is 176 g/mol. The van der Waals surface area contributed by atoms with Crippen LogP contribution in [0.2, 0.25) is 0 Å². The minimum Gasteiger partial charge on any atom is -0.314 e. The summed E-state index contributed by atoms with van der Waals surface area (Å²) in [7, 11) is 1.67. The summed E-state index contributed by atoms with van der Waals surface area (Å²) in [5, 5.41) is 8.60. The molecule has 3 nitrogen and oxygen atoms in total. The standard InChI is InChI=1S/C11H12N2O/c1-9(8-12)11(14)13(2)10-6-4-3-5-7-10/h3-7,9H,1-2H3. The number of nitrogens with zero attached hydrogens (tertiary/aromatic N) is 2. The van der Waals surface area contributed by atoms with Crippen LogP contribution in [0.5, 0.6) is 0 Å². The van der Waals surface area contributed by atoms with E-state index < -0.39 is 5.92 Å². The van der Waals surface area contributed by atoms with Gasteiger partial charge in [-0.2, -0.15) is 5.26 Å². The molecule has 1 aromatic rings. The molecule has 1 aromatic carbocycles. The maximum Gasteiger partial charge on any atom is 0.243 e. The van der Waals surface area contributed by atoms with E-state index in [4.69, 9.17) is 5.26 Å². The first kappa shape index (κ1) is 10.3. The Hall–Kier alpha value is -1.82. The van der Waals surface area contributed by atoms with Crippen LogP contribution < -0.4 is 4.90 Å². The molecule has 0 N–H and O–H groups in total. The van der Waals surface area contributed by atoms with E-state index in [9.17, 15) is 4.79 Å². The lowest BCUT2D eigenvalue weighted by atomic mass is 10.1. The Morgan fingerprint density at radius 1 is 1.43 bits per heavy atom. The summed E-state index contributed by atoms with van der Waals surface area (Å²) in [4.78, 5) is 13.1. The number of carbonyl (C=O) groups excluding carboxylic acids is 1. The molecule has 1 rings (SSSR count). The fourth-order valence-electron chi connectivity index (χ4n) is 1.12. The van der Waals surface area contributed by atoms with E-state index in [1.807, 2.05) is 36.4 Å². The normalized spacial score (nSPS) is 11.5. The van der Waals surface area contributed by atoms with Gasteiger partial charge in [-0.05, 0) is 19.1 Å². The van der Waals surface area contributed by atoms with Gasteiger partial charge in [-0.1, -0.05) is 18.2 Å². The van der Waals surface area contributed by atoms with E-state index in [2.05, 4.69) is 0 Å². The summed E-state index contributed by atoms with van der Waals surface area (Å²) in [6, 6.07) is 11.2. The van der Waals surface area contributed by atoms with Gasteiger partial charge in [-0.3, -0.25) is 4.79 Å². The molecule has 0 bridgehead atoms. The zero-order valence-electron chi connectivity index (χ0n) is 8.27. The highest BCUT2D eigenvalue weighted by atomic mass is 16.2. The molecule has 0 radical (unpaired) electrons. The van der Waals surface area contributed by atoms with E-state index >= 15 is 0 Å². The van der Waals surface area contributed by atoms with Gasteiger partial charge >= 0.3 is 0 Å². The van der Waals surface area contributed by atoms with Crippen LogP contribution in [0.1, 0.15) is 6.92 Å². The topological polar surface area (TPSA) is 44.1 Å². The number of rotatable bonds is 2. The molecule has 0 aliphatic rings. The second-order valence-electron chi connectivity index (χ2n) is 3.08. The van der Waals surface area contributed by atoms with Crippen LogP contribution >= 0.6 is 0 Å². The molecule has 0 heterocycles. The molecule has 0 aliphatic heterocycles. The van der Waals surface area contributed by atoms with E-state index in [0.29, 0.717) is 0 Å². The van der Waals surface area contributed by atoms with Crippen LogP contribution in [0.15, 0.2) is 30.3 Å². The van der Waals surface area contributed by atoms with Gasteiger partial charge in [-0.25, -0.2) is 0 Å². The van der Waals surface area contributed by atoms with Crippen molar-refractivity contribution in [3.05, 3.63) is 30.3 Å². The van der Waals surface area contributed by atoms with Crippen molar-refractivity contribution in [1.82, 2.24) is 0 Å². The lowest BCUT2D eigenvalue weighted by molar-refractivity contribution is -0.120. The summed E-state index contributed by atoms with van der Waals surface area (Å²) in [6.07, 6.45) is 0. The highest BCUT2D eigenvalue weighted by Crippen LogP contribution is 2.13. The zero-order valence-corrected chi connectivity index (χ0v) is 8.27. The third kappa shape index (κ3) is 2.11. The molecule has 0 spiro atoms. The average Bonchev–Trinajstić information content (AvgIpc) is 2.27. The van der Waals surface area contributed by atoms with Crippen LogP contribution in [0, 0.1) is 17.2 Å². The highest BCUT2D eigenvalue weighted by molar-refractivity contribution is 5.95. The molecular formula is C11H12N2O. The van der Waals surface area contributed by atoms with Crippen molar-refractivity contribution in [2.45, 2.75) is 6.92 Å². The predicted octanol–water partition coefficient (Wildman–Crippen LogP) is 1.81. The summed E-state index contributed by atoms with van der Waals surface area (Å²) in [6.45, 7) is 1.60. The minimum absolute atomic E-state index is 0.182. The van der Waals surface area contributed by atoms with E-state index in [1.54, 1.807) is 14.0 Å². The molecule has 1 atom stereocenters. The molecule has 1 amide bonds. The van der Waals surface area contributed by atoms with E-state index in [0.717, 1.165) is 5.69 Å². The first-order valence-corrected chi connectivity index (χ1v) is 4.39. The zero-order chi connectivity index (χ0) is 10.6. The lowest BCUT2D eigenvalue weighted by Crippen LogP contribution is -2.30. The summed E-state index contributed by atoms with van der Waals surface area (Å²) in [5.41, 5.74) is 0.805. The SMILES string of the molecule is CC(C#N)C(=O)N(C)c1ccccc1. The van der Waals surface area contributed by atoms with Crippen LogP contribution in [0.25, 0.3) is 0 Å². The Bertz CT molecular complexity index is 353. The average molecular weight is 188 g/mol. The summed E-state index contributed by atoms with van der Waals surface area (Å²) in [5.74, 6) is -0.779. The van der Waals surface area contributed by atoms with Crippen molar-refractivity contribution < 1.29 is 4.79 Å². The first-order chi connectivity index (χ1) is 6.66. The van der Waals surface area contributed by atoms with Crippen molar-refractivity contribution in [3.8, 4) is 6.07 Å². The number of anilines is 1. The van der Waals surface area contributed by atoms with Gasteiger partial charge in [0.25, 0.3) is 0 Å². The number of amides is 1. The number of nitriles is 1. The van der Waals surface area contributed by atoms with Crippen molar-refractivity contribution in [2.75, 3.05) is 11.9 Å². The van der Waals surface area contributed by atoms with Gasteiger partial charge in [0.2, 0.25) is 5.91 Å². The fraction of sp³-hybridized carbons (Fsp3) is 0.273. The Morgan fingerprint density at radius 2 is 2.00 bits per heavy atom. The fourth-order valence-corrected chi connectivity index (χ4v) is 1.12. The van der Waals surface area contributed by atoms with E-state index in [1.165, 1.54) is 4.90 Å². The number of para-hydroxylation sites is 1. The van der Waals surface area contributed by atoms with Gasteiger partial charge in [0, 0.05) is 12.7 Å². The van der Waals surface area contributed by atoms with E-state index in [-0.39, 0.29) is 5.91 Å². The molecule has 72 valence electrons. The molecule has 0 aromatic heterocycles. The minimum atomic E-state index is -0.597. The third-order valence-electron chi connectivity index (χ3n) is 2.04. The summed E-state index contributed by atoms with van der Waals surface area (Å²) >= 11 is 0. The Labute approximate surface area is 83.6 Å². The molecule has 0 saturated carbocycles. The Balaban J connectivity index is 2.82. The van der Waals surface area contributed by atoms with Crippen LogP contribution in [0.3, 0.4) is 0 Å². The Morgan fingerprint density at radius 3 is 2.50 bits per heavy atom. The van der Waals surface area contributed by atoms with Crippen molar-refractivity contribution >= 4 is 11.6 Å². The monoisotopic (exact) mass is 188 g/mol. The third-order valence-corrected chi connectivity index (χ3v) is 2.04. The molecule has 14 heavy (non-hydrogen) atoms.